The van der Waals surface area contributed by atoms with Crippen molar-refractivity contribution in [2.75, 3.05) is 6.61 Å². The van der Waals surface area contributed by atoms with E-state index in [4.69, 9.17) is 33.7 Å². The van der Waals surface area contributed by atoms with Gasteiger partial charge >= 0.3 is 0 Å². The molecule has 3 rings (SSSR count). The lowest BCUT2D eigenvalue weighted by molar-refractivity contribution is -0.225. The molecule has 0 radical (unpaired) electrons. The number of amides is 1. The highest BCUT2D eigenvalue weighted by Gasteiger charge is 2.70. The Morgan fingerprint density at radius 1 is 1.40 bits per heavy atom. The summed E-state index contributed by atoms with van der Waals surface area (Å²) in [6.45, 7) is 6.67. The van der Waals surface area contributed by atoms with Crippen LogP contribution in [0.4, 0.5) is 0 Å². The number of ether oxygens (including phenoxy) is 1. The third-order valence-corrected chi connectivity index (χ3v) is 6.40. The Hall–Kier alpha value is -0.520. The van der Waals surface area contributed by atoms with E-state index in [0.29, 0.717) is 10.0 Å². The van der Waals surface area contributed by atoms with Crippen LogP contribution in [0.1, 0.15) is 45.2 Å². The SMILES string of the molecule is CC(NC(=O)C1(N)C2CCCOC2C1(C)C)c1ccc(Cl)cc1Cl.Cl. The summed E-state index contributed by atoms with van der Waals surface area (Å²) in [5, 5.41) is 4.15. The van der Waals surface area contributed by atoms with Gasteiger partial charge in [0.2, 0.25) is 5.91 Å². The Labute approximate surface area is 165 Å². The van der Waals surface area contributed by atoms with Crippen LogP contribution in [0.15, 0.2) is 18.2 Å². The summed E-state index contributed by atoms with van der Waals surface area (Å²) in [5.74, 6) is -0.0769. The largest absolute Gasteiger partial charge is 0.377 e. The molecule has 4 unspecified atom stereocenters. The number of nitrogens with one attached hydrogen (secondary N) is 1. The highest BCUT2D eigenvalue weighted by atomic mass is 35.5. The van der Waals surface area contributed by atoms with E-state index in [1.54, 1.807) is 12.1 Å². The molecule has 0 aromatic heterocycles. The monoisotopic (exact) mass is 406 g/mol. The fourth-order valence-electron chi connectivity index (χ4n) is 4.28. The number of hydrogen-bond acceptors (Lipinski definition) is 3. The van der Waals surface area contributed by atoms with Gasteiger partial charge in [0.1, 0.15) is 5.54 Å². The predicted octanol–water partition coefficient (Wildman–Crippen LogP) is 4.12. The Kier molecular flexibility index (Phi) is 6.02. The number of carbonyl (C=O) groups excluding carboxylic acids is 1. The van der Waals surface area contributed by atoms with Gasteiger partial charge in [-0.15, -0.1) is 12.4 Å². The molecule has 1 aliphatic heterocycles. The minimum absolute atomic E-state index is 0. The maximum absolute atomic E-state index is 13.0. The molecule has 1 saturated carbocycles. The lowest BCUT2D eigenvalue weighted by Gasteiger charge is -2.65. The number of hydrogen-bond donors (Lipinski definition) is 2. The molecule has 2 fully saturated rings. The molecule has 4 atom stereocenters. The summed E-state index contributed by atoms with van der Waals surface area (Å²) in [6, 6.07) is 5.03. The van der Waals surface area contributed by atoms with Gasteiger partial charge in [-0.1, -0.05) is 43.1 Å². The molecule has 0 bridgehead atoms. The van der Waals surface area contributed by atoms with Crippen molar-refractivity contribution in [3.63, 3.8) is 0 Å². The third kappa shape index (κ3) is 3.17. The summed E-state index contributed by atoms with van der Waals surface area (Å²) in [4.78, 5) is 13.0. The average Bonchev–Trinajstić information content (AvgIpc) is 2.53. The molecular formula is C18H25Cl3N2O2. The minimum atomic E-state index is -0.925. The maximum Gasteiger partial charge on any atom is 0.241 e. The summed E-state index contributed by atoms with van der Waals surface area (Å²) in [7, 11) is 0. The van der Waals surface area contributed by atoms with Crippen LogP contribution in [-0.2, 0) is 9.53 Å². The molecule has 4 nitrogen and oxygen atoms in total. The first-order valence-electron chi connectivity index (χ1n) is 8.36. The second-order valence-corrected chi connectivity index (χ2v) is 8.34. The predicted molar refractivity (Wildman–Crippen MR) is 103 cm³/mol. The molecule has 1 aromatic carbocycles. The van der Waals surface area contributed by atoms with Crippen LogP contribution >= 0.6 is 35.6 Å². The summed E-state index contributed by atoms with van der Waals surface area (Å²) >= 11 is 12.2. The summed E-state index contributed by atoms with van der Waals surface area (Å²) < 4.78 is 5.86. The van der Waals surface area contributed by atoms with E-state index in [2.05, 4.69) is 5.32 Å². The molecule has 25 heavy (non-hydrogen) atoms. The highest BCUT2D eigenvalue weighted by molar-refractivity contribution is 6.35. The fraction of sp³-hybridized carbons (Fsp3) is 0.611. The molecular weight excluding hydrogens is 383 g/mol. The fourth-order valence-corrected chi connectivity index (χ4v) is 4.86. The molecule has 1 amide bonds. The van der Waals surface area contributed by atoms with Crippen molar-refractivity contribution in [3.05, 3.63) is 33.8 Å². The van der Waals surface area contributed by atoms with Crippen molar-refractivity contribution in [2.24, 2.45) is 17.1 Å². The number of halogens is 3. The number of nitrogens with two attached hydrogens (primary N) is 1. The van der Waals surface area contributed by atoms with Gasteiger partial charge in [-0.25, -0.2) is 0 Å². The second-order valence-electron chi connectivity index (χ2n) is 7.49. The van der Waals surface area contributed by atoms with Crippen LogP contribution in [0.2, 0.25) is 10.0 Å². The first kappa shape index (κ1) is 20.8. The van der Waals surface area contributed by atoms with Gasteiger partial charge in [0, 0.05) is 28.0 Å². The van der Waals surface area contributed by atoms with Crippen LogP contribution in [-0.4, -0.2) is 24.2 Å². The van der Waals surface area contributed by atoms with Crippen molar-refractivity contribution in [2.45, 2.75) is 51.3 Å². The van der Waals surface area contributed by atoms with Crippen molar-refractivity contribution in [3.8, 4) is 0 Å². The van der Waals surface area contributed by atoms with Gasteiger partial charge in [-0.2, -0.15) is 0 Å². The Bertz CT molecular complexity index is 668. The van der Waals surface area contributed by atoms with E-state index in [-0.39, 0.29) is 36.4 Å². The van der Waals surface area contributed by atoms with Crippen LogP contribution in [0.25, 0.3) is 0 Å². The van der Waals surface area contributed by atoms with E-state index in [9.17, 15) is 4.79 Å². The molecule has 1 aliphatic carbocycles. The molecule has 0 spiro atoms. The minimum Gasteiger partial charge on any atom is -0.377 e. The van der Waals surface area contributed by atoms with E-state index < -0.39 is 11.0 Å². The Balaban J connectivity index is 0.00000225. The number of rotatable bonds is 3. The molecule has 1 saturated heterocycles. The lowest BCUT2D eigenvalue weighted by Crippen LogP contribution is -2.82. The van der Waals surface area contributed by atoms with Gasteiger partial charge in [0.25, 0.3) is 0 Å². The molecule has 2 aliphatic rings. The summed E-state index contributed by atoms with van der Waals surface area (Å²) in [5.41, 5.74) is 6.12. The number of benzene rings is 1. The van der Waals surface area contributed by atoms with Gasteiger partial charge in [-0.3, -0.25) is 4.79 Å². The van der Waals surface area contributed by atoms with Gasteiger partial charge in [0.05, 0.1) is 12.1 Å². The first-order valence-corrected chi connectivity index (χ1v) is 9.11. The van der Waals surface area contributed by atoms with Crippen LogP contribution in [0, 0.1) is 11.3 Å². The van der Waals surface area contributed by atoms with Gasteiger partial charge < -0.3 is 15.8 Å². The van der Waals surface area contributed by atoms with Gasteiger partial charge in [0.15, 0.2) is 0 Å². The number of fused-ring (bicyclic) bond motifs is 1. The molecule has 1 heterocycles. The third-order valence-electron chi connectivity index (χ3n) is 5.84. The zero-order chi connectivity index (χ0) is 17.7. The van der Waals surface area contributed by atoms with E-state index in [0.717, 1.165) is 25.0 Å². The highest BCUT2D eigenvalue weighted by Crippen LogP contribution is 2.57. The van der Waals surface area contributed by atoms with E-state index in [1.807, 2.05) is 26.8 Å². The average molecular weight is 408 g/mol. The topological polar surface area (TPSA) is 64.4 Å². The normalized spacial score (nSPS) is 31.1. The summed E-state index contributed by atoms with van der Waals surface area (Å²) in [6.07, 6.45) is 1.92. The maximum atomic E-state index is 13.0. The van der Waals surface area contributed by atoms with Crippen molar-refractivity contribution in [1.82, 2.24) is 5.32 Å². The Morgan fingerprint density at radius 2 is 2.08 bits per heavy atom. The second kappa shape index (κ2) is 7.24. The molecule has 7 heteroatoms. The van der Waals surface area contributed by atoms with Crippen molar-refractivity contribution < 1.29 is 9.53 Å². The van der Waals surface area contributed by atoms with E-state index in [1.165, 1.54) is 0 Å². The molecule has 1 aromatic rings. The number of carbonyl (C=O) groups is 1. The lowest BCUT2D eigenvalue weighted by atomic mass is 9.46. The smallest absolute Gasteiger partial charge is 0.241 e. The van der Waals surface area contributed by atoms with Crippen molar-refractivity contribution >= 4 is 41.5 Å². The van der Waals surface area contributed by atoms with Crippen LogP contribution in [0.3, 0.4) is 0 Å². The van der Waals surface area contributed by atoms with Crippen LogP contribution < -0.4 is 11.1 Å². The first-order chi connectivity index (χ1) is 11.2. The molecule has 140 valence electrons. The zero-order valence-electron chi connectivity index (χ0n) is 14.6. The quantitative estimate of drug-likeness (QED) is 0.792. The zero-order valence-corrected chi connectivity index (χ0v) is 17.0. The van der Waals surface area contributed by atoms with Crippen LogP contribution in [0.5, 0.6) is 0 Å². The van der Waals surface area contributed by atoms with Gasteiger partial charge in [-0.05, 0) is 37.5 Å². The van der Waals surface area contributed by atoms with E-state index >= 15 is 0 Å². The molecule has 3 N–H and O–H groups in total. The standard InChI is InChI=1S/C18H24Cl2N2O2.ClH/c1-10(12-7-6-11(19)9-14(12)20)22-16(23)18(21)13-5-4-8-24-15(13)17(18,2)3;/h6-7,9-10,13,15H,4-5,8,21H2,1-3H3,(H,22,23);1H. The van der Waals surface area contributed by atoms with Crippen molar-refractivity contribution in [1.29, 1.82) is 0 Å². The Morgan fingerprint density at radius 3 is 2.72 bits per heavy atom.